The Balaban J connectivity index is 2.05. The van der Waals surface area contributed by atoms with Gasteiger partial charge in [0.25, 0.3) is 5.91 Å². The van der Waals surface area contributed by atoms with Crippen molar-refractivity contribution < 1.29 is 9.90 Å². The van der Waals surface area contributed by atoms with Crippen LogP contribution in [0.4, 0.5) is 5.69 Å². The van der Waals surface area contributed by atoms with Gasteiger partial charge in [-0.05, 0) is 44.2 Å². The highest BCUT2D eigenvalue weighted by molar-refractivity contribution is 9.10. The highest BCUT2D eigenvalue weighted by Crippen LogP contribution is 2.23. The molecule has 2 N–H and O–H groups in total. The van der Waals surface area contributed by atoms with Crippen LogP contribution in [0.15, 0.2) is 52.0 Å². The van der Waals surface area contributed by atoms with E-state index in [1.54, 1.807) is 30.3 Å². The van der Waals surface area contributed by atoms with E-state index in [1.165, 1.54) is 6.21 Å². The van der Waals surface area contributed by atoms with Crippen LogP contribution in [0.3, 0.4) is 0 Å². The number of hydrogen-bond acceptors (Lipinski definition) is 4. The number of nitrogens with zero attached hydrogens (tertiary/aromatic N) is 2. The molecule has 2 aromatic rings. The van der Waals surface area contributed by atoms with Gasteiger partial charge in [0.15, 0.2) is 0 Å². The Bertz CT molecular complexity index is 743. The zero-order valence-electron chi connectivity index (χ0n) is 13.7. The minimum absolute atomic E-state index is 0.125. The van der Waals surface area contributed by atoms with E-state index in [2.05, 4.69) is 45.2 Å². The molecule has 0 aliphatic rings. The summed E-state index contributed by atoms with van der Waals surface area (Å²) in [6, 6.07) is 12.4. The van der Waals surface area contributed by atoms with Crippen LogP contribution in [-0.2, 0) is 0 Å². The van der Waals surface area contributed by atoms with Gasteiger partial charge in [0.2, 0.25) is 0 Å². The maximum Gasteiger partial charge on any atom is 0.271 e. The molecule has 0 unspecified atom stereocenters. The number of rotatable bonds is 6. The summed E-state index contributed by atoms with van der Waals surface area (Å²) in [5.74, 6) is -0.188. The van der Waals surface area contributed by atoms with E-state index in [9.17, 15) is 9.90 Å². The van der Waals surface area contributed by atoms with Crippen molar-refractivity contribution in [3.8, 4) is 5.75 Å². The molecule has 0 aliphatic carbocycles. The van der Waals surface area contributed by atoms with Gasteiger partial charge in [0, 0.05) is 40.4 Å². The summed E-state index contributed by atoms with van der Waals surface area (Å²) in [6.45, 7) is 5.86. The van der Waals surface area contributed by atoms with Gasteiger partial charge in [-0.25, -0.2) is 5.43 Å². The Labute approximate surface area is 150 Å². The van der Waals surface area contributed by atoms with Crippen LogP contribution in [0, 0.1) is 0 Å². The fourth-order valence-corrected chi connectivity index (χ4v) is 2.68. The first-order valence-electron chi connectivity index (χ1n) is 7.72. The van der Waals surface area contributed by atoms with E-state index in [4.69, 9.17) is 0 Å². The molecule has 2 aromatic carbocycles. The number of amides is 1. The van der Waals surface area contributed by atoms with E-state index in [0.717, 1.165) is 23.2 Å². The van der Waals surface area contributed by atoms with Gasteiger partial charge in [0.05, 0.1) is 6.21 Å². The Morgan fingerprint density at radius 2 is 2.00 bits per heavy atom. The third-order valence-electron chi connectivity index (χ3n) is 3.60. The van der Waals surface area contributed by atoms with E-state index < -0.39 is 0 Å². The van der Waals surface area contributed by atoms with Crippen LogP contribution in [0.1, 0.15) is 29.8 Å². The van der Waals surface area contributed by atoms with Crippen molar-refractivity contribution >= 4 is 33.7 Å². The quantitative estimate of drug-likeness (QED) is 0.583. The number of phenolic OH excluding ortho intramolecular Hbond substituents is 1. The molecule has 6 heteroatoms. The lowest BCUT2D eigenvalue weighted by Crippen LogP contribution is -2.21. The highest BCUT2D eigenvalue weighted by atomic mass is 79.9. The standard InChI is InChI=1S/C18H20BrN3O2/c1-3-22(4-2)16-9-8-14(17(23)11-16)12-20-21-18(24)13-6-5-7-15(19)10-13/h5-12,23H,3-4H2,1-2H3,(H,21,24)/b20-12-. The smallest absolute Gasteiger partial charge is 0.271 e. The van der Waals surface area contributed by atoms with Crippen molar-refractivity contribution in [3.05, 3.63) is 58.1 Å². The highest BCUT2D eigenvalue weighted by Gasteiger charge is 2.06. The van der Waals surface area contributed by atoms with Gasteiger partial charge >= 0.3 is 0 Å². The number of carbonyl (C=O) groups excluding carboxylic acids is 1. The number of halogens is 1. The first-order chi connectivity index (χ1) is 11.5. The van der Waals surface area contributed by atoms with Crippen molar-refractivity contribution in [2.24, 2.45) is 5.10 Å². The molecule has 0 fully saturated rings. The summed E-state index contributed by atoms with van der Waals surface area (Å²) in [5, 5.41) is 14.0. The number of carbonyl (C=O) groups is 1. The summed E-state index contributed by atoms with van der Waals surface area (Å²) in [7, 11) is 0. The first kappa shape index (κ1) is 18.0. The number of hydrazone groups is 1. The van der Waals surface area contributed by atoms with Gasteiger partial charge in [-0.15, -0.1) is 0 Å². The Morgan fingerprint density at radius 3 is 2.62 bits per heavy atom. The second-order valence-electron chi connectivity index (χ2n) is 5.12. The number of hydrogen-bond donors (Lipinski definition) is 2. The van der Waals surface area contributed by atoms with Gasteiger partial charge in [-0.3, -0.25) is 4.79 Å². The fourth-order valence-electron chi connectivity index (χ4n) is 2.28. The summed E-state index contributed by atoms with van der Waals surface area (Å²) in [5.41, 5.74) is 4.45. The largest absolute Gasteiger partial charge is 0.507 e. The zero-order valence-corrected chi connectivity index (χ0v) is 15.2. The average Bonchev–Trinajstić information content (AvgIpc) is 2.57. The minimum atomic E-state index is -0.313. The number of anilines is 1. The summed E-state index contributed by atoms with van der Waals surface area (Å²) >= 11 is 3.32. The lowest BCUT2D eigenvalue weighted by atomic mass is 10.2. The maximum atomic E-state index is 12.0. The molecule has 126 valence electrons. The first-order valence-corrected chi connectivity index (χ1v) is 8.51. The van der Waals surface area contributed by atoms with Crippen molar-refractivity contribution in [1.82, 2.24) is 5.43 Å². The molecule has 0 spiro atoms. The lowest BCUT2D eigenvalue weighted by Gasteiger charge is -2.21. The van der Waals surface area contributed by atoms with Crippen LogP contribution in [0.5, 0.6) is 5.75 Å². The Hall–Kier alpha value is -2.34. The molecule has 0 aliphatic heterocycles. The van der Waals surface area contributed by atoms with Gasteiger partial charge in [-0.2, -0.15) is 5.10 Å². The van der Waals surface area contributed by atoms with E-state index in [0.29, 0.717) is 11.1 Å². The monoisotopic (exact) mass is 389 g/mol. The van der Waals surface area contributed by atoms with E-state index >= 15 is 0 Å². The molecule has 0 saturated heterocycles. The molecule has 0 saturated carbocycles. The van der Waals surface area contributed by atoms with Crippen LogP contribution >= 0.6 is 15.9 Å². The normalized spacial score (nSPS) is 10.8. The van der Waals surface area contributed by atoms with Crippen LogP contribution < -0.4 is 10.3 Å². The predicted molar refractivity (Wildman–Crippen MR) is 101 cm³/mol. The molecule has 0 radical (unpaired) electrons. The number of benzene rings is 2. The van der Waals surface area contributed by atoms with Gasteiger partial charge in [0.1, 0.15) is 5.75 Å². The maximum absolute atomic E-state index is 12.0. The van der Waals surface area contributed by atoms with Crippen LogP contribution in [0.2, 0.25) is 0 Å². The predicted octanol–water partition coefficient (Wildman–Crippen LogP) is 3.76. The van der Waals surface area contributed by atoms with Crippen molar-refractivity contribution in [3.63, 3.8) is 0 Å². The molecule has 0 aromatic heterocycles. The molecule has 24 heavy (non-hydrogen) atoms. The van der Waals surface area contributed by atoms with Gasteiger partial charge < -0.3 is 10.0 Å². The molecule has 5 nitrogen and oxygen atoms in total. The molecular formula is C18H20BrN3O2. The second-order valence-corrected chi connectivity index (χ2v) is 6.04. The third kappa shape index (κ3) is 4.58. The molecule has 2 rings (SSSR count). The summed E-state index contributed by atoms with van der Waals surface area (Å²) < 4.78 is 0.823. The molecule has 0 heterocycles. The molecular weight excluding hydrogens is 370 g/mol. The Kier molecular flexibility index (Phi) is 6.37. The summed E-state index contributed by atoms with van der Waals surface area (Å²) in [6.07, 6.45) is 1.43. The number of phenols is 1. The van der Waals surface area contributed by atoms with Crippen molar-refractivity contribution in [2.75, 3.05) is 18.0 Å². The zero-order chi connectivity index (χ0) is 17.5. The van der Waals surface area contributed by atoms with Crippen molar-refractivity contribution in [1.29, 1.82) is 0 Å². The lowest BCUT2D eigenvalue weighted by molar-refractivity contribution is 0.0955. The molecule has 1 amide bonds. The number of aromatic hydroxyl groups is 1. The van der Waals surface area contributed by atoms with Crippen LogP contribution in [0.25, 0.3) is 0 Å². The van der Waals surface area contributed by atoms with Crippen LogP contribution in [-0.4, -0.2) is 30.3 Å². The average molecular weight is 390 g/mol. The number of nitrogens with one attached hydrogen (secondary N) is 1. The fraction of sp³-hybridized carbons (Fsp3) is 0.222. The van der Waals surface area contributed by atoms with E-state index in [1.807, 2.05) is 12.1 Å². The second kappa shape index (κ2) is 8.49. The topological polar surface area (TPSA) is 64.9 Å². The SMILES string of the molecule is CCN(CC)c1ccc(/C=N\NC(=O)c2cccc(Br)c2)c(O)c1. The van der Waals surface area contributed by atoms with E-state index in [-0.39, 0.29) is 11.7 Å². The minimum Gasteiger partial charge on any atom is -0.507 e. The van der Waals surface area contributed by atoms with Gasteiger partial charge in [-0.1, -0.05) is 22.0 Å². The van der Waals surface area contributed by atoms with Crippen molar-refractivity contribution in [2.45, 2.75) is 13.8 Å². The molecule has 0 atom stereocenters. The molecule has 0 bridgehead atoms. The summed E-state index contributed by atoms with van der Waals surface area (Å²) in [4.78, 5) is 14.1. The Morgan fingerprint density at radius 1 is 1.25 bits per heavy atom. The third-order valence-corrected chi connectivity index (χ3v) is 4.09.